The Morgan fingerprint density at radius 2 is 2.05 bits per heavy atom. The Labute approximate surface area is 124 Å². The Morgan fingerprint density at radius 1 is 1.33 bits per heavy atom. The van der Waals surface area contributed by atoms with Crippen LogP contribution in [0.4, 0.5) is 5.69 Å². The van der Waals surface area contributed by atoms with E-state index in [4.69, 9.17) is 10.5 Å². The number of hydrogen-bond donors (Lipinski definition) is 3. The lowest BCUT2D eigenvalue weighted by Gasteiger charge is -2.09. The van der Waals surface area contributed by atoms with Gasteiger partial charge in [-0.05, 0) is 31.5 Å². The van der Waals surface area contributed by atoms with E-state index in [1.165, 1.54) is 0 Å². The van der Waals surface area contributed by atoms with Crippen LogP contribution < -0.4 is 20.5 Å². The summed E-state index contributed by atoms with van der Waals surface area (Å²) in [6.07, 6.45) is 1.60. The monoisotopic (exact) mass is 315 g/mol. The molecule has 1 amide bonds. The molecule has 0 bridgehead atoms. The molecule has 7 nitrogen and oxygen atoms in total. The lowest BCUT2D eigenvalue weighted by molar-refractivity contribution is 0.0953. The third-order valence-electron chi connectivity index (χ3n) is 2.58. The van der Waals surface area contributed by atoms with Crippen LogP contribution in [0.15, 0.2) is 18.2 Å². The molecule has 0 radical (unpaired) electrons. The van der Waals surface area contributed by atoms with E-state index < -0.39 is 10.0 Å². The maximum absolute atomic E-state index is 11.9. The Morgan fingerprint density at radius 3 is 2.62 bits per heavy atom. The summed E-state index contributed by atoms with van der Waals surface area (Å²) in [6, 6.07) is 4.83. The minimum atomic E-state index is -3.19. The highest BCUT2D eigenvalue weighted by Crippen LogP contribution is 2.22. The fraction of sp³-hybridized carbons (Fsp3) is 0.462. The predicted octanol–water partition coefficient (Wildman–Crippen LogP) is 0.337. The molecular weight excluding hydrogens is 294 g/mol. The number of hydrogen-bond acceptors (Lipinski definition) is 5. The van der Waals surface area contributed by atoms with Gasteiger partial charge in [-0.25, -0.2) is 13.1 Å². The van der Waals surface area contributed by atoms with Crippen molar-refractivity contribution in [3.8, 4) is 5.75 Å². The van der Waals surface area contributed by atoms with E-state index >= 15 is 0 Å². The molecular formula is C13H21N3O4S. The molecule has 1 aromatic rings. The Bertz CT molecular complexity index is 587. The minimum absolute atomic E-state index is 0.260. The Hall–Kier alpha value is -1.80. The minimum Gasteiger partial charge on any atom is -0.492 e. The average Bonchev–Trinajstić information content (AvgIpc) is 2.39. The average molecular weight is 315 g/mol. The van der Waals surface area contributed by atoms with E-state index in [1.54, 1.807) is 18.2 Å². The lowest BCUT2D eigenvalue weighted by atomic mass is 10.1. The van der Waals surface area contributed by atoms with Crippen molar-refractivity contribution >= 4 is 21.6 Å². The highest BCUT2D eigenvalue weighted by Gasteiger charge is 2.08. The Kier molecular flexibility index (Phi) is 6.44. The first kappa shape index (κ1) is 17.3. The number of nitrogen functional groups attached to an aromatic ring is 1. The fourth-order valence-electron chi connectivity index (χ4n) is 1.63. The van der Waals surface area contributed by atoms with Crippen LogP contribution in [0.1, 0.15) is 23.7 Å². The third kappa shape index (κ3) is 6.46. The van der Waals surface area contributed by atoms with Gasteiger partial charge in [0.2, 0.25) is 10.0 Å². The van der Waals surface area contributed by atoms with Crippen LogP contribution in [0.2, 0.25) is 0 Å². The van der Waals surface area contributed by atoms with Crippen molar-refractivity contribution in [2.45, 2.75) is 13.3 Å². The first-order valence-electron chi connectivity index (χ1n) is 6.58. The lowest BCUT2D eigenvalue weighted by Crippen LogP contribution is -2.29. The van der Waals surface area contributed by atoms with E-state index in [9.17, 15) is 13.2 Å². The molecule has 0 spiro atoms. The molecule has 0 aliphatic rings. The van der Waals surface area contributed by atoms with Gasteiger partial charge < -0.3 is 15.8 Å². The van der Waals surface area contributed by atoms with Crippen molar-refractivity contribution in [2.24, 2.45) is 0 Å². The van der Waals surface area contributed by atoms with Crippen LogP contribution in [-0.2, 0) is 10.0 Å². The zero-order valence-electron chi connectivity index (χ0n) is 12.2. The van der Waals surface area contributed by atoms with E-state index in [1.807, 2.05) is 6.92 Å². The second-order valence-electron chi connectivity index (χ2n) is 4.46. The second-order valence-corrected chi connectivity index (χ2v) is 6.29. The SMILES string of the molecule is CCOc1ccc(C(=O)NCCCNS(C)(=O)=O)cc1N. The van der Waals surface area contributed by atoms with Crippen LogP contribution in [0.25, 0.3) is 0 Å². The van der Waals surface area contributed by atoms with Crippen molar-refractivity contribution < 1.29 is 17.9 Å². The van der Waals surface area contributed by atoms with Crippen molar-refractivity contribution in [3.05, 3.63) is 23.8 Å². The van der Waals surface area contributed by atoms with E-state index in [-0.39, 0.29) is 12.5 Å². The van der Waals surface area contributed by atoms with Gasteiger partial charge >= 0.3 is 0 Å². The van der Waals surface area contributed by atoms with Crippen molar-refractivity contribution in [1.82, 2.24) is 10.0 Å². The topological polar surface area (TPSA) is 111 Å². The third-order valence-corrected chi connectivity index (χ3v) is 3.30. The number of anilines is 1. The maximum atomic E-state index is 11.9. The van der Waals surface area contributed by atoms with Crippen LogP contribution in [0.3, 0.4) is 0 Å². The van der Waals surface area contributed by atoms with Gasteiger partial charge in [0, 0.05) is 18.7 Å². The molecule has 0 unspecified atom stereocenters. The van der Waals surface area contributed by atoms with Gasteiger partial charge in [-0.1, -0.05) is 0 Å². The van der Waals surface area contributed by atoms with Gasteiger partial charge in [-0.3, -0.25) is 4.79 Å². The second kappa shape index (κ2) is 7.84. The molecule has 4 N–H and O–H groups in total. The zero-order valence-corrected chi connectivity index (χ0v) is 13.0. The fourth-order valence-corrected chi connectivity index (χ4v) is 2.14. The molecule has 0 fully saturated rings. The summed E-state index contributed by atoms with van der Waals surface area (Å²) in [5.41, 5.74) is 6.63. The highest BCUT2D eigenvalue weighted by molar-refractivity contribution is 7.88. The predicted molar refractivity (Wildman–Crippen MR) is 81.8 cm³/mol. The maximum Gasteiger partial charge on any atom is 0.251 e. The molecule has 118 valence electrons. The van der Waals surface area contributed by atoms with Gasteiger partial charge in [-0.2, -0.15) is 0 Å². The van der Waals surface area contributed by atoms with Gasteiger partial charge in [0.25, 0.3) is 5.91 Å². The molecule has 0 aromatic heterocycles. The molecule has 0 aliphatic carbocycles. The standard InChI is InChI=1S/C13H21N3O4S/c1-3-20-12-6-5-10(9-11(12)14)13(17)15-7-4-8-16-21(2,18)19/h5-6,9,16H,3-4,7-8,14H2,1-2H3,(H,15,17). The van der Waals surface area contributed by atoms with Crippen LogP contribution in [0, 0.1) is 0 Å². The molecule has 21 heavy (non-hydrogen) atoms. The largest absolute Gasteiger partial charge is 0.492 e. The molecule has 0 atom stereocenters. The quantitative estimate of drug-likeness (QED) is 0.473. The molecule has 1 rings (SSSR count). The van der Waals surface area contributed by atoms with E-state index in [2.05, 4.69) is 10.0 Å². The van der Waals surface area contributed by atoms with E-state index in [0.29, 0.717) is 36.6 Å². The first-order valence-corrected chi connectivity index (χ1v) is 8.47. The van der Waals surface area contributed by atoms with Crippen molar-refractivity contribution in [2.75, 3.05) is 31.7 Å². The first-order chi connectivity index (χ1) is 9.83. The van der Waals surface area contributed by atoms with Gasteiger partial charge in [0.15, 0.2) is 0 Å². The van der Waals surface area contributed by atoms with E-state index in [0.717, 1.165) is 6.26 Å². The summed E-state index contributed by atoms with van der Waals surface area (Å²) >= 11 is 0. The number of carbonyl (C=O) groups is 1. The van der Waals surface area contributed by atoms with Crippen molar-refractivity contribution in [1.29, 1.82) is 0 Å². The number of carbonyl (C=O) groups excluding carboxylic acids is 1. The number of benzene rings is 1. The van der Waals surface area contributed by atoms with Gasteiger partial charge in [0.1, 0.15) is 5.75 Å². The van der Waals surface area contributed by atoms with Crippen LogP contribution >= 0.6 is 0 Å². The smallest absolute Gasteiger partial charge is 0.251 e. The summed E-state index contributed by atoms with van der Waals surface area (Å²) in [7, 11) is -3.19. The summed E-state index contributed by atoms with van der Waals surface area (Å²) in [5, 5.41) is 2.69. The molecule has 0 saturated heterocycles. The summed E-state index contributed by atoms with van der Waals surface area (Å²) in [6.45, 7) is 3.01. The van der Waals surface area contributed by atoms with Crippen LogP contribution in [-0.4, -0.2) is 40.3 Å². The summed E-state index contributed by atoms with van der Waals surface area (Å²) < 4.78 is 29.3. The number of sulfonamides is 1. The number of ether oxygens (including phenoxy) is 1. The summed E-state index contributed by atoms with van der Waals surface area (Å²) in [4.78, 5) is 11.9. The Balaban J connectivity index is 2.44. The molecule has 1 aromatic carbocycles. The summed E-state index contributed by atoms with van der Waals surface area (Å²) in [5.74, 6) is 0.288. The van der Waals surface area contributed by atoms with Crippen LogP contribution in [0.5, 0.6) is 5.75 Å². The normalized spacial score (nSPS) is 11.1. The van der Waals surface area contributed by atoms with Gasteiger partial charge in [0.05, 0.1) is 18.6 Å². The molecule has 0 aliphatic heterocycles. The molecule has 0 heterocycles. The van der Waals surface area contributed by atoms with Gasteiger partial charge in [-0.15, -0.1) is 0 Å². The number of nitrogens with one attached hydrogen (secondary N) is 2. The molecule has 8 heteroatoms. The molecule has 0 saturated carbocycles. The highest BCUT2D eigenvalue weighted by atomic mass is 32.2. The zero-order chi connectivity index (χ0) is 15.9. The number of nitrogens with two attached hydrogens (primary N) is 1. The number of rotatable bonds is 8. The van der Waals surface area contributed by atoms with Crippen molar-refractivity contribution in [3.63, 3.8) is 0 Å². The number of amides is 1.